The number of aromatic nitrogens is 1. The summed E-state index contributed by atoms with van der Waals surface area (Å²) in [6.45, 7) is 1.96. The molecule has 118 valence electrons. The summed E-state index contributed by atoms with van der Waals surface area (Å²) in [6.07, 6.45) is 0.310. The fraction of sp³-hybridized carbons (Fsp3) is 0.176. The van der Waals surface area contributed by atoms with Crippen molar-refractivity contribution in [1.29, 1.82) is 0 Å². The fourth-order valence-corrected chi connectivity index (χ4v) is 3.79. The van der Waals surface area contributed by atoms with Gasteiger partial charge in [-0.05, 0) is 42.3 Å². The van der Waals surface area contributed by atoms with E-state index in [1.54, 1.807) is 7.11 Å². The number of methoxy groups -OCH3 is 1. The van der Waals surface area contributed by atoms with Gasteiger partial charge < -0.3 is 10.1 Å². The van der Waals surface area contributed by atoms with Crippen LogP contribution in [0.15, 0.2) is 40.9 Å². The van der Waals surface area contributed by atoms with Crippen molar-refractivity contribution in [3.63, 3.8) is 0 Å². The number of rotatable bonds is 4. The zero-order chi connectivity index (χ0) is 16.4. The number of thiazole rings is 1. The summed E-state index contributed by atoms with van der Waals surface area (Å²) in [5.74, 6) is 0.749. The molecule has 0 saturated carbocycles. The van der Waals surface area contributed by atoms with E-state index in [9.17, 15) is 4.79 Å². The lowest BCUT2D eigenvalue weighted by Crippen LogP contribution is -2.14. The number of hydrogen-bond acceptors (Lipinski definition) is 4. The minimum Gasteiger partial charge on any atom is -0.496 e. The molecule has 1 heterocycles. The van der Waals surface area contributed by atoms with Crippen LogP contribution in [0.5, 0.6) is 5.75 Å². The first kappa shape index (κ1) is 16.0. The molecule has 3 aromatic rings. The molecule has 0 fully saturated rings. The lowest BCUT2D eigenvalue weighted by Gasteiger charge is -2.07. The van der Waals surface area contributed by atoms with Crippen molar-refractivity contribution in [2.24, 2.45) is 0 Å². The minimum absolute atomic E-state index is 0.0762. The largest absolute Gasteiger partial charge is 0.496 e. The number of nitrogens with one attached hydrogen (secondary N) is 1. The summed E-state index contributed by atoms with van der Waals surface area (Å²) < 4.78 is 7.27. The van der Waals surface area contributed by atoms with E-state index in [0.717, 1.165) is 31.6 Å². The van der Waals surface area contributed by atoms with Gasteiger partial charge in [-0.3, -0.25) is 4.79 Å². The van der Waals surface area contributed by atoms with Gasteiger partial charge in [0.05, 0.1) is 23.7 Å². The molecule has 0 aliphatic carbocycles. The first-order chi connectivity index (χ1) is 11.0. The third kappa shape index (κ3) is 3.71. The molecule has 4 nitrogen and oxygen atoms in total. The number of nitrogens with zero attached hydrogens (tertiary/aromatic N) is 1. The van der Waals surface area contributed by atoms with Crippen LogP contribution < -0.4 is 10.1 Å². The number of halogens is 1. The number of benzene rings is 2. The van der Waals surface area contributed by atoms with E-state index in [1.165, 1.54) is 11.3 Å². The first-order valence-corrected chi connectivity index (χ1v) is 8.65. The third-order valence-electron chi connectivity index (χ3n) is 3.42. The molecule has 23 heavy (non-hydrogen) atoms. The fourth-order valence-electron chi connectivity index (χ4n) is 2.35. The zero-order valence-corrected chi connectivity index (χ0v) is 15.1. The van der Waals surface area contributed by atoms with Crippen LogP contribution in [-0.4, -0.2) is 18.0 Å². The number of aryl methyl sites for hydroxylation is 1. The summed E-state index contributed by atoms with van der Waals surface area (Å²) in [5, 5.41) is 3.49. The van der Waals surface area contributed by atoms with Crippen molar-refractivity contribution < 1.29 is 9.53 Å². The normalized spacial score (nSPS) is 10.7. The Morgan fingerprint density at radius 3 is 2.87 bits per heavy atom. The predicted octanol–water partition coefficient (Wildman–Crippen LogP) is 4.56. The summed E-state index contributed by atoms with van der Waals surface area (Å²) in [6, 6.07) is 11.6. The maximum Gasteiger partial charge on any atom is 0.230 e. The highest BCUT2D eigenvalue weighted by Gasteiger charge is 2.10. The summed E-state index contributed by atoms with van der Waals surface area (Å²) >= 11 is 4.90. The second-order valence-electron chi connectivity index (χ2n) is 5.16. The lowest BCUT2D eigenvalue weighted by atomic mass is 10.1. The Balaban J connectivity index is 1.71. The molecule has 0 aliphatic rings. The Hall–Kier alpha value is -1.92. The molecular formula is C17H15BrN2O2S. The topological polar surface area (TPSA) is 51.2 Å². The van der Waals surface area contributed by atoms with Crippen LogP contribution in [0.25, 0.3) is 10.2 Å². The van der Waals surface area contributed by atoms with Crippen LogP contribution in [0.1, 0.15) is 11.1 Å². The molecule has 0 aliphatic heterocycles. The average molecular weight is 391 g/mol. The number of amides is 1. The molecule has 0 bridgehead atoms. The van der Waals surface area contributed by atoms with Crippen molar-refractivity contribution in [1.82, 2.24) is 4.98 Å². The standard InChI is InChI=1S/C17H15BrN2O2S/c1-10-7-11(3-6-14(10)22-2)8-16(21)20-17-19-13-5-4-12(18)9-15(13)23-17/h3-7,9H,8H2,1-2H3,(H,19,20,21). The number of carbonyl (C=O) groups is 1. The van der Waals surface area contributed by atoms with Crippen LogP contribution >= 0.6 is 27.3 Å². The molecule has 6 heteroatoms. The summed E-state index contributed by atoms with van der Waals surface area (Å²) in [4.78, 5) is 16.6. The van der Waals surface area contributed by atoms with E-state index < -0.39 is 0 Å². The average Bonchev–Trinajstić information content (AvgIpc) is 2.88. The van der Waals surface area contributed by atoms with Gasteiger partial charge in [0, 0.05) is 4.47 Å². The molecule has 1 amide bonds. The maximum atomic E-state index is 12.2. The van der Waals surface area contributed by atoms with Crippen LogP contribution in [0.4, 0.5) is 5.13 Å². The molecule has 0 spiro atoms. The van der Waals surface area contributed by atoms with Gasteiger partial charge in [-0.2, -0.15) is 0 Å². The van der Waals surface area contributed by atoms with E-state index in [4.69, 9.17) is 4.74 Å². The third-order valence-corrected chi connectivity index (χ3v) is 4.85. The molecule has 2 aromatic carbocycles. The summed E-state index contributed by atoms with van der Waals surface area (Å²) in [5.41, 5.74) is 2.85. The lowest BCUT2D eigenvalue weighted by molar-refractivity contribution is -0.115. The van der Waals surface area contributed by atoms with Crippen LogP contribution in [0.2, 0.25) is 0 Å². The van der Waals surface area contributed by atoms with Crippen LogP contribution in [0.3, 0.4) is 0 Å². The van der Waals surface area contributed by atoms with Crippen LogP contribution in [0, 0.1) is 6.92 Å². The molecule has 0 unspecified atom stereocenters. The number of fused-ring (bicyclic) bond motifs is 1. The first-order valence-electron chi connectivity index (χ1n) is 7.04. The van der Waals surface area contributed by atoms with Crippen molar-refractivity contribution >= 4 is 48.5 Å². The van der Waals surface area contributed by atoms with Crippen molar-refractivity contribution in [3.05, 3.63) is 52.0 Å². The van der Waals surface area contributed by atoms with Gasteiger partial charge in [0.25, 0.3) is 0 Å². The Morgan fingerprint density at radius 2 is 2.13 bits per heavy atom. The van der Waals surface area contributed by atoms with E-state index in [0.29, 0.717) is 11.6 Å². The van der Waals surface area contributed by atoms with E-state index in [1.807, 2.05) is 43.3 Å². The van der Waals surface area contributed by atoms with Gasteiger partial charge in [0.15, 0.2) is 5.13 Å². The highest BCUT2D eigenvalue weighted by atomic mass is 79.9. The van der Waals surface area contributed by atoms with E-state index in [2.05, 4.69) is 26.2 Å². The molecular weight excluding hydrogens is 376 g/mol. The van der Waals surface area contributed by atoms with Crippen molar-refractivity contribution in [2.75, 3.05) is 12.4 Å². The van der Waals surface area contributed by atoms with Gasteiger partial charge in [-0.1, -0.05) is 39.4 Å². The molecule has 1 N–H and O–H groups in total. The van der Waals surface area contributed by atoms with Crippen LogP contribution in [-0.2, 0) is 11.2 Å². The smallest absolute Gasteiger partial charge is 0.230 e. The monoisotopic (exact) mass is 390 g/mol. The van der Waals surface area contributed by atoms with E-state index in [-0.39, 0.29) is 5.91 Å². The number of anilines is 1. The number of carbonyl (C=O) groups excluding carboxylic acids is 1. The molecule has 1 aromatic heterocycles. The molecule has 3 rings (SSSR count). The second-order valence-corrected chi connectivity index (χ2v) is 7.11. The number of hydrogen-bond donors (Lipinski definition) is 1. The van der Waals surface area contributed by atoms with Crippen molar-refractivity contribution in [2.45, 2.75) is 13.3 Å². The predicted molar refractivity (Wildman–Crippen MR) is 97.4 cm³/mol. The Bertz CT molecular complexity index is 876. The highest BCUT2D eigenvalue weighted by molar-refractivity contribution is 9.10. The Morgan fingerprint density at radius 1 is 1.30 bits per heavy atom. The quantitative estimate of drug-likeness (QED) is 0.710. The van der Waals surface area contributed by atoms with Gasteiger partial charge in [-0.15, -0.1) is 0 Å². The van der Waals surface area contributed by atoms with Gasteiger partial charge in [0.1, 0.15) is 5.75 Å². The maximum absolute atomic E-state index is 12.2. The molecule has 0 atom stereocenters. The van der Waals surface area contributed by atoms with E-state index >= 15 is 0 Å². The minimum atomic E-state index is -0.0762. The number of ether oxygens (including phenoxy) is 1. The van der Waals surface area contributed by atoms with Crippen molar-refractivity contribution in [3.8, 4) is 5.75 Å². The highest BCUT2D eigenvalue weighted by Crippen LogP contribution is 2.28. The molecule has 0 radical (unpaired) electrons. The van der Waals surface area contributed by atoms with Gasteiger partial charge >= 0.3 is 0 Å². The van der Waals surface area contributed by atoms with Gasteiger partial charge in [-0.25, -0.2) is 4.98 Å². The molecule has 0 saturated heterocycles. The Labute approximate surface area is 146 Å². The summed E-state index contributed by atoms with van der Waals surface area (Å²) in [7, 11) is 1.64. The second kappa shape index (κ2) is 6.68. The Kier molecular flexibility index (Phi) is 4.63. The van der Waals surface area contributed by atoms with Gasteiger partial charge in [0.2, 0.25) is 5.91 Å². The SMILES string of the molecule is COc1ccc(CC(=O)Nc2nc3ccc(Br)cc3s2)cc1C. The zero-order valence-electron chi connectivity index (χ0n) is 12.7.